The van der Waals surface area contributed by atoms with Crippen LogP contribution in [0.25, 0.3) is 0 Å². The second-order valence-corrected chi connectivity index (χ2v) is 8.12. The quantitative estimate of drug-likeness (QED) is 0.311. The average Bonchev–Trinajstić information content (AvgIpc) is 3.42. The van der Waals surface area contributed by atoms with Crippen molar-refractivity contribution in [3.05, 3.63) is 58.5 Å². The van der Waals surface area contributed by atoms with Crippen molar-refractivity contribution in [2.24, 2.45) is 10.2 Å². The normalized spacial score (nSPS) is 10.9. The summed E-state index contributed by atoms with van der Waals surface area (Å²) < 4.78 is 7.77. The molecule has 1 aromatic carbocycles. The van der Waals surface area contributed by atoms with E-state index in [1.54, 1.807) is 19.4 Å². The lowest BCUT2D eigenvalue weighted by molar-refractivity contribution is 0.132. The maximum Gasteiger partial charge on any atom is 0.158 e. The van der Waals surface area contributed by atoms with E-state index in [1.165, 1.54) is 11.3 Å². The van der Waals surface area contributed by atoms with Crippen LogP contribution in [0.5, 0.6) is 0 Å². The summed E-state index contributed by atoms with van der Waals surface area (Å²) in [5.74, 6) is 0. The molecule has 32 heavy (non-hydrogen) atoms. The molecule has 0 saturated heterocycles. The number of thiophene rings is 1. The zero-order valence-electron chi connectivity index (χ0n) is 18.4. The van der Waals surface area contributed by atoms with Crippen LogP contribution in [-0.4, -0.2) is 35.9 Å². The van der Waals surface area contributed by atoms with E-state index in [2.05, 4.69) is 45.2 Å². The predicted octanol–water partition coefficient (Wildman–Crippen LogP) is 5.26. The molecule has 0 radical (unpaired) electrons. The van der Waals surface area contributed by atoms with E-state index in [-0.39, 0.29) is 0 Å². The van der Waals surface area contributed by atoms with Crippen LogP contribution in [0.1, 0.15) is 28.5 Å². The first-order valence-corrected chi connectivity index (χ1v) is 11.1. The van der Waals surface area contributed by atoms with Gasteiger partial charge >= 0.3 is 0 Å². The van der Waals surface area contributed by atoms with E-state index in [9.17, 15) is 10.5 Å². The summed E-state index contributed by atoms with van der Waals surface area (Å²) in [5.41, 5.74) is 3.88. The Kier molecular flexibility index (Phi) is 8.09. The van der Waals surface area contributed by atoms with Crippen molar-refractivity contribution in [1.82, 2.24) is 9.55 Å². The summed E-state index contributed by atoms with van der Waals surface area (Å²) in [6, 6.07) is 10.2. The Bertz CT molecular complexity index is 1150. The van der Waals surface area contributed by atoms with Crippen molar-refractivity contribution >= 4 is 27.7 Å². The van der Waals surface area contributed by atoms with Gasteiger partial charge in [-0.05, 0) is 50.1 Å². The first kappa shape index (κ1) is 23.1. The zero-order valence-corrected chi connectivity index (χ0v) is 19.3. The van der Waals surface area contributed by atoms with Crippen molar-refractivity contribution in [3.8, 4) is 12.1 Å². The lowest BCUT2D eigenvalue weighted by Gasteiger charge is -2.23. The fourth-order valence-corrected chi connectivity index (χ4v) is 4.07. The Morgan fingerprint density at radius 3 is 2.69 bits per heavy atom. The third-order valence-corrected chi connectivity index (χ3v) is 6.16. The molecule has 0 bridgehead atoms. The number of benzene rings is 1. The van der Waals surface area contributed by atoms with Gasteiger partial charge in [-0.25, -0.2) is 4.98 Å². The fourth-order valence-electron chi connectivity index (χ4n) is 3.19. The molecular formula is C23H25N7OS. The highest BCUT2D eigenvalue weighted by atomic mass is 32.1. The van der Waals surface area contributed by atoms with Gasteiger partial charge in [0.05, 0.1) is 30.8 Å². The SMILES string of the molecule is CCN(CCOCCn1ccnc1)c1ccc(/N=N/c2sc(C#N)c(C)c2C#N)c(C)c1. The van der Waals surface area contributed by atoms with Crippen LogP contribution in [0.4, 0.5) is 16.4 Å². The third kappa shape index (κ3) is 5.58. The van der Waals surface area contributed by atoms with Gasteiger partial charge in [0.15, 0.2) is 5.00 Å². The maximum atomic E-state index is 9.36. The number of azo groups is 1. The minimum Gasteiger partial charge on any atom is -0.378 e. The molecule has 9 heteroatoms. The molecule has 0 aliphatic carbocycles. The molecule has 164 valence electrons. The number of aryl methyl sites for hydroxylation is 1. The van der Waals surface area contributed by atoms with Gasteiger partial charge in [0.2, 0.25) is 0 Å². The molecular weight excluding hydrogens is 422 g/mol. The van der Waals surface area contributed by atoms with E-state index >= 15 is 0 Å². The molecule has 2 aromatic heterocycles. The Labute approximate surface area is 192 Å². The molecule has 0 atom stereocenters. The van der Waals surface area contributed by atoms with Crippen LogP contribution >= 0.6 is 11.3 Å². The highest BCUT2D eigenvalue weighted by molar-refractivity contribution is 7.16. The number of anilines is 1. The van der Waals surface area contributed by atoms with Crippen molar-refractivity contribution in [2.75, 3.05) is 31.2 Å². The second-order valence-electron chi connectivity index (χ2n) is 7.12. The van der Waals surface area contributed by atoms with Crippen LogP contribution < -0.4 is 4.90 Å². The fraction of sp³-hybridized carbons (Fsp3) is 0.348. The molecule has 0 unspecified atom stereocenters. The summed E-state index contributed by atoms with van der Waals surface area (Å²) >= 11 is 1.19. The largest absolute Gasteiger partial charge is 0.378 e. The van der Waals surface area contributed by atoms with Gasteiger partial charge in [-0.2, -0.15) is 10.5 Å². The Hall–Kier alpha value is -3.53. The number of nitriles is 2. The molecule has 0 N–H and O–H groups in total. The van der Waals surface area contributed by atoms with Crippen LogP contribution in [0.15, 0.2) is 47.1 Å². The highest BCUT2D eigenvalue weighted by Crippen LogP contribution is 2.36. The molecule has 0 spiro atoms. The van der Waals surface area contributed by atoms with Crippen LogP contribution in [-0.2, 0) is 11.3 Å². The Balaban J connectivity index is 1.61. The van der Waals surface area contributed by atoms with Gasteiger partial charge < -0.3 is 14.2 Å². The molecule has 0 aliphatic heterocycles. The van der Waals surface area contributed by atoms with Gasteiger partial charge in [-0.3, -0.25) is 0 Å². The van der Waals surface area contributed by atoms with Crippen molar-refractivity contribution in [1.29, 1.82) is 10.5 Å². The predicted molar refractivity (Wildman–Crippen MR) is 125 cm³/mol. The van der Waals surface area contributed by atoms with Gasteiger partial charge in [0, 0.05) is 37.7 Å². The monoisotopic (exact) mass is 447 g/mol. The smallest absolute Gasteiger partial charge is 0.158 e. The number of aromatic nitrogens is 2. The molecule has 0 aliphatic rings. The van der Waals surface area contributed by atoms with Gasteiger partial charge in [0.25, 0.3) is 0 Å². The van der Waals surface area contributed by atoms with Gasteiger partial charge in [-0.15, -0.1) is 21.6 Å². The number of nitrogens with zero attached hydrogens (tertiary/aromatic N) is 7. The highest BCUT2D eigenvalue weighted by Gasteiger charge is 2.14. The molecule has 8 nitrogen and oxygen atoms in total. The van der Waals surface area contributed by atoms with E-state index in [1.807, 2.05) is 29.8 Å². The number of hydrogen-bond donors (Lipinski definition) is 0. The minimum absolute atomic E-state index is 0.412. The lowest BCUT2D eigenvalue weighted by atomic mass is 10.1. The van der Waals surface area contributed by atoms with E-state index in [0.717, 1.165) is 36.6 Å². The summed E-state index contributed by atoms with van der Waals surface area (Å²) in [6.07, 6.45) is 5.47. The third-order valence-electron chi connectivity index (χ3n) is 5.08. The first-order valence-electron chi connectivity index (χ1n) is 10.3. The number of ether oxygens (including phenoxy) is 1. The number of imidazole rings is 1. The van der Waals surface area contributed by atoms with Crippen molar-refractivity contribution < 1.29 is 4.74 Å². The average molecular weight is 448 g/mol. The molecule has 2 heterocycles. The van der Waals surface area contributed by atoms with E-state index in [4.69, 9.17) is 4.74 Å². The number of hydrogen-bond acceptors (Lipinski definition) is 8. The molecule has 3 aromatic rings. The standard InChI is InChI=1S/C23H25N7OS/c1-4-30(10-12-31-11-9-29-8-7-26-16-29)19-5-6-21(17(2)13-19)27-28-23-20(14-24)18(3)22(15-25)32-23/h5-8,13,16H,4,9-12H2,1-3H3/b28-27+. The minimum atomic E-state index is 0.412. The Morgan fingerprint density at radius 1 is 1.19 bits per heavy atom. The summed E-state index contributed by atoms with van der Waals surface area (Å²) in [5, 5.41) is 27.6. The first-order chi connectivity index (χ1) is 15.6. The lowest BCUT2D eigenvalue weighted by Crippen LogP contribution is -2.27. The summed E-state index contributed by atoms with van der Waals surface area (Å²) in [6.45, 7) is 9.58. The number of likely N-dealkylation sites (N-methyl/N-ethyl adjacent to an activating group) is 1. The van der Waals surface area contributed by atoms with Crippen LogP contribution in [0.3, 0.4) is 0 Å². The van der Waals surface area contributed by atoms with Crippen molar-refractivity contribution in [3.63, 3.8) is 0 Å². The Morgan fingerprint density at radius 2 is 2.03 bits per heavy atom. The second kappa shape index (κ2) is 11.2. The van der Waals surface area contributed by atoms with E-state index in [0.29, 0.717) is 34.2 Å². The maximum absolute atomic E-state index is 9.36. The topological polar surface area (TPSA) is 103 Å². The molecule has 0 fully saturated rings. The van der Waals surface area contributed by atoms with Crippen LogP contribution in [0.2, 0.25) is 0 Å². The molecule has 0 saturated carbocycles. The van der Waals surface area contributed by atoms with Gasteiger partial charge in [0.1, 0.15) is 17.0 Å². The van der Waals surface area contributed by atoms with E-state index < -0.39 is 0 Å². The molecule has 0 amide bonds. The van der Waals surface area contributed by atoms with Gasteiger partial charge in [-0.1, -0.05) is 0 Å². The summed E-state index contributed by atoms with van der Waals surface area (Å²) in [4.78, 5) is 6.77. The zero-order chi connectivity index (χ0) is 22.9. The molecule has 3 rings (SSSR count). The summed E-state index contributed by atoms with van der Waals surface area (Å²) in [7, 11) is 0. The number of rotatable bonds is 10. The van der Waals surface area contributed by atoms with Crippen LogP contribution in [0, 0.1) is 36.5 Å². The van der Waals surface area contributed by atoms with Crippen molar-refractivity contribution in [2.45, 2.75) is 27.3 Å².